The van der Waals surface area contributed by atoms with E-state index < -0.39 is 0 Å². The highest BCUT2D eigenvalue weighted by Crippen LogP contribution is 2.03. The van der Waals surface area contributed by atoms with E-state index in [1.807, 2.05) is 13.0 Å². The lowest BCUT2D eigenvalue weighted by Crippen LogP contribution is -1.95. The molecule has 0 saturated carbocycles. The summed E-state index contributed by atoms with van der Waals surface area (Å²) in [6.07, 6.45) is 5.11. The van der Waals surface area contributed by atoms with Crippen LogP contribution in [0.15, 0.2) is 24.3 Å². The summed E-state index contributed by atoms with van der Waals surface area (Å²) in [6.45, 7) is 5.49. The van der Waals surface area contributed by atoms with Crippen LogP contribution in [0.1, 0.15) is 19.8 Å². The van der Waals surface area contributed by atoms with E-state index in [9.17, 15) is 4.79 Å². The number of carbonyl (C=O) groups excluding carboxylic acids is 1. The van der Waals surface area contributed by atoms with Gasteiger partial charge < -0.3 is 4.74 Å². The molecule has 0 unspecified atom stereocenters. The van der Waals surface area contributed by atoms with Gasteiger partial charge in [-0.25, -0.2) is 4.79 Å². The van der Waals surface area contributed by atoms with E-state index in [0.717, 1.165) is 18.4 Å². The quantitative estimate of drug-likeness (QED) is 0.352. The zero-order chi connectivity index (χ0) is 8.69. The molecule has 0 N–H and O–H groups in total. The molecule has 0 aliphatic rings. The Balaban J connectivity index is 3.79. The lowest BCUT2D eigenvalue weighted by molar-refractivity contribution is -0.134. The van der Waals surface area contributed by atoms with Crippen LogP contribution in [0.2, 0.25) is 0 Å². The third-order valence-corrected chi connectivity index (χ3v) is 1.31. The second kappa shape index (κ2) is 5.71. The smallest absolute Gasteiger partial charge is 0.330 e. The van der Waals surface area contributed by atoms with Gasteiger partial charge >= 0.3 is 5.97 Å². The summed E-state index contributed by atoms with van der Waals surface area (Å²) in [5.74, 6) is -0.286. The Morgan fingerprint density at radius 3 is 2.73 bits per heavy atom. The SMILES string of the molecule is C=CCC/C(C)=C/C(=O)OC. The molecule has 0 aliphatic heterocycles. The highest BCUT2D eigenvalue weighted by atomic mass is 16.5. The van der Waals surface area contributed by atoms with Gasteiger partial charge in [-0.3, -0.25) is 0 Å². The molecule has 0 aromatic heterocycles. The molecule has 0 spiro atoms. The third kappa shape index (κ3) is 5.40. The maximum absolute atomic E-state index is 10.7. The fourth-order valence-corrected chi connectivity index (χ4v) is 0.662. The molecule has 11 heavy (non-hydrogen) atoms. The topological polar surface area (TPSA) is 26.3 Å². The Morgan fingerprint density at radius 2 is 2.27 bits per heavy atom. The molecular weight excluding hydrogens is 140 g/mol. The molecule has 0 aliphatic carbocycles. The van der Waals surface area contributed by atoms with Crippen molar-refractivity contribution in [2.24, 2.45) is 0 Å². The summed E-state index contributed by atoms with van der Waals surface area (Å²) in [5, 5.41) is 0. The first-order chi connectivity index (χ1) is 5.20. The molecule has 0 aromatic rings. The molecule has 62 valence electrons. The monoisotopic (exact) mass is 154 g/mol. The van der Waals surface area contributed by atoms with E-state index >= 15 is 0 Å². The lowest BCUT2D eigenvalue weighted by atomic mass is 10.1. The fourth-order valence-electron chi connectivity index (χ4n) is 0.662. The summed E-state index contributed by atoms with van der Waals surface area (Å²) in [5.41, 5.74) is 1.02. The molecule has 0 aromatic carbocycles. The van der Waals surface area contributed by atoms with Gasteiger partial charge in [0.2, 0.25) is 0 Å². The fraction of sp³-hybridized carbons (Fsp3) is 0.444. The summed E-state index contributed by atoms with van der Waals surface area (Å²) in [6, 6.07) is 0. The number of hydrogen-bond acceptors (Lipinski definition) is 2. The van der Waals surface area contributed by atoms with E-state index in [0.29, 0.717) is 0 Å². The molecule has 0 bridgehead atoms. The summed E-state index contributed by atoms with van der Waals surface area (Å²) in [4.78, 5) is 10.7. The van der Waals surface area contributed by atoms with Crippen molar-refractivity contribution in [2.75, 3.05) is 7.11 Å². The Kier molecular flexibility index (Phi) is 5.17. The number of ether oxygens (including phenoxy) is 1. The van der Waals surface area contributed by atoms with Gasteiger partial charge in [0.15, 0.2) is 0 Å². The van der Waals surface area contributed by atoms with Crippen molar-refractivity contribution < 1.29 is 9.53 Å². The minimum atomic E-state index is -0.286. The third-order valence-electron chi connectivity index (χ3n) is 1.31. The van der Waals surface area contributed by atoms with Gasteiger partial charge in [-0.2, -0.15) is 0 Å². The second-order valence-corrected chi connectivity index (χ2v) is 2.34. The van der Waals surface area contributed by atoms with Gasteiger partial charge in [-0.15, -0.1) is 6.58 Å². The molecule has 0 amide bonds. The first kappa shape index (κ1) is 9.95. The van der Waals surface area contributed by atoms with Crippen LogP contribution in [-0.2, 0) is 9.53 Å². The van der Waals surface area contributed by atoms with Crippen LogP contribution < -0.4 is 0 Å². The first-order valence-electron chi connectivity index (χ1n) is 3.56. The maximum Gasteiger partial charge on any atom is 0.330 e. The Morgan fingerprint density at radius 1 is 1.64 bits per heavy atom. The highest BCUT2D eigenvalue weighted by Gasteiger charge is 1.94. The number of hydrogen-bond donors (Lipinski definition) is 0. The molecule has 0 saturated heterocycles. The van der Waals surface area contributed by atoms with Crippen LogP contribution in [-0.4, -0.2) is 13.1 Å². The second-order valence-electron chi connectivity index (χ2n) is 2.34. The average molecular weight is 154 g/mol. The van der Waals surface area contributed by atoms with Crippen molar-refractivity contribution in [3.63, 3.8) is 0 Å². The standard InChI is InChI=1S/C9H14O2/c1-4-5-6-8(2)7-9(10)11-3/h4,7H,1,5-6H2,2-3H3/b8-7+. The van der Waals surface area contributed by atoms with E-state index in [4.69, 9.17) is 0 Å². The van der Waals surface area contributed by atoms with E-state index in [2.05, 4.69) is 11.3 Å². The molecule has 0 radical (unpaired) electrons. The normalized spacial score (nSPS) is 10.9. The van der Waals surface area contributed by atoms with Gasteiger partial charge in [0.25, 0.3) is 0 Å². The Bertz CT molecular complexity index is 168. The largest absolute Gasteiger partial charge is 0.466 e. The maximum atomic E-state index is 10.7. The zero-order valence-electron chi connectivity index (χ0n) is 7.09. The van der Waals surface area contributed by atoms with Crippen LogP contribution in [0.25, 0.3) is 0 Å². The van der Waals surface area contributed by atoms with Gasteiger partial charge in [0.05, 0.1) is 7.11 Å². The summed E-state index contributed by atoms with van der Waals surface area (Å²) >= 11 is 0. The molecule has 0 heterocycles. The Hall–Kier alpha value is -1.05. The van der Waals surface area contributed by atoms with E-state index in [1.165, 1.54) is 13.2 Å². The van der Waals surface area contributed by atoms with Crippen molar-refractivity contribution in [3.8, 4) is 0 Å². The zero-order valence-corrected chi connectivity index (χ0v) is 7.09. The molecule has 0 atom stereocenters. The number of methoxy groups -OCH3 is 1. The van der Waals surface area contributed by atoms with Crippen LogP contribution >= 0.6 is 0 Å². The summed E-state index contributed by atoms with van der Waals surface area (Å²) in [7, 11) is 1.37. The number of allylic oxidation sites excluding steroid dienone is 2. The van der Waals surface area contributed by atoms with E-state index in [-0.39, 0.29) is 5.97 Å². The average Bonchev–Trinajstić information content (AvgIpc) is 2.00. The minimum absolute atomic E-state index is 0.286. The Labute approximate surface area is 67.6 Å². The summed E-state index contributed by atoms with van der Waals surface area (Å²) < 4.78 is 4.46. The first-order valence-corrected chi connectivity index (χ1v) is 3.56. The predicted molar refractivity (Wildman–Crippen MR) is 45.2 cm³/mol. The van der Waals surface area contributed by atoms with Crippen molar-refractivity contribution in [3.05, 3.63) is 24.3 Å². The van der Waals surface area contributed by atoms with E-state index in [1.54, 1.807) is 0 Å². The van der Waals surface area contributed by atoms with Gasteiger partial charge in [-0.05, 0) is 19.8 Å². The molecule has 2 nitrogen and oxygen atoms in total. The minimum Gasteiger partial charge on any atom is -0.466 e. The molecular formula is C9H14O2. The van der Waals surface area contributed by atoms with Gasteiger partial charge in [0, 0.05) is 6.08 Å². The molecule has 0 rings (SSSR count). The van der Waals surface area contributed by atoms with Crippen LogP contribution in [0.3, 0.4) is 0 Å². The van der Waals surface area contributed by atoms with Crippen molar-refractivity contribution in [1.29, 1.82) is 0 Å². The number of carbonyl (C=O) groups is 1. The molecule has 2 heteroatoms. The number of rotatable bonds is 4. The lowest BCUT2D eigenvalue weighted by Gasteiger charge is -1.96. The predicted octanol–water partition coefficient (Wildman–Crippen LogP) is 2.07. The van der Waals surface area contributed by atoms with Crippen LogP contribution in [0, 0.1) is 0 Å². The van der Waals surface area contributed by atoms with Crippen molar-refractivity contribution in [1.82, 2.24) is 0 Å². The van der Waals surface area contributed by atoms with Crippen molar-refractivity contribution in [2.45, 2.75) is 19.8 Å². The highest BCUT2D eigenvalue weighted by molar-refractivity contribution is 5.82. The van der Waals surface area contributed by atoms with Crippen LogP contribution in [0.4, 0.5) is 0 Å². The van der Waals surface area contributed by atoms with Gasteiger partial charge in [-0.1, -0.05) is 11.6 Å². The number of esters is 1. The molecule has 0 fully saturated rings. The van der Waals surface area contributed by atoms with Gasteiger partial charge in [0.1, 0.15) is 0 Å². The van der Waals surface area contributed by atoms with Crippen LogP contribution in [0.5, 0.6) is 0 Å². The van der Waals surface area contributed by atoms with Crippen molar-refractivity contribution >= 4 is 5.97 Å².